The van der Waals surface area contributed by atoms with Gasteiger partial charge in [0.05, 0.1) is 30.1 Å². The second kappa shape index (κ2) is 14.5. The lowest BCUT2D eigenvalue weighted by atomic mass is 9.62. The summed E-state index contributed by atoms with van der Waals surface area (Å²) in [5.74, 6) is -2.57. The van der Waals surface area contributed by atoms with Gasteiger partial charge in [-0.05, 0) is 81.8 Å². The topological polar surface area (TPSA) is 93.6 Å². The Morgan fingerprint density at radius 3 is 2.04 bits per heavy atom. The second-order valence-corrected chi connectivity index (χ2v) is 14.4. The van der Waals surface area contributed by atoms with Crippen LogP contribution in [-0.2, 0) is 19.1 Å². The summed E-state index contributed by atoms with van der Waals surface area (Å²) in [6.45, 7) is 22.0. The third-order valence-electron chi connectivity index (χ3n) is 11.1. The lowest BCUT2D eigenvalue weighted by Crippen LogP contribution is -2.59. The summed E-state index contributed by atoms with van der Waals surface area (Å²) >= 11 is 0. The molecule has 3 heterocycles. The van der Waals surface area contributed by atoms with Crippen molar-refractivity contribution in [1.82, 2.24) is 4.90 Å². The number of anilines is 3. The molecule has 3 amide bonds. The van der Waals surface area contributed by atoms with Crippen molar-refractivity contribution in [3.8, 4) is 0 Å². The first-order valence-corrected chi connectivity index (χ1v) is 17.8. The van der Waals surface area contributed by atoms with Crippen molar-refractivity contribution < 1.29 is 24.2 Å². The summed E-state index contributed by atoms with van der Waals surface area (Å²) in [7, 11) is 0. The molecule has 3 aliphatic rings. The molecule has 1 spiro atoms. The number of rotatable bonds is 15. The zero-order valence-corrected chi connectivity index (χ0v) is 30.0. The van der Waals surface area contributed by atoms with Gasteiger partial charge >= 0.3 is 0 Å². The Morgan fingerprint density at radius 2 is 1.51 bits per heavy atom. The molecule has 3 fully saturated rings. The van der Waals surface area contributed by atoms with Crippen LogP contribution >= 0.6 is 0 Å². The van der Waals surface area contributed by atoms with Crippen LogP contribution in [0.15, 0.2) is 79.9 Å². The van der Waals surface area contributed by atoms with Gasteiger partial charge in [-0.15, -0.1) is 13.2 Å². The lowest BCUT2D eigenvalue weighted by Gasteiger charge is -2.40. The number of ether oxygens (including phenoxy) is 1. The van der Waals surface area contributed by atoms with Gasteiger partial charge in [0, 0.05) is 43.2 Å². The minimum absolute atomic E-state index is 0.124. The molecule has 3 unspecified atom stereocenters. The summed E-state index contributed by atoms with van der Waals surface area (Å²) < 4.78 is 7.06. The predicted octanol–water partition coefficient (Wildman–Crippen LogP) is 5.69. The van der Waals surface area contributed by atoms with E-state index in [0.717, 1.165) is 18.8 Å². The van der Waals surface area contributed by atoms with E-state index in [1.54, 1.807) is 26.9 Å². The first-order valence-electron chi connectivity index (χ1n) is 17.8. The third-order valence-corrected chi connectivity index (χ3v) is 11.1. The lowest BCUT2D eigenvalue weighted by molar-refractivity contribution is -0.149. The number of para-hydroxylation sites is 1. The van der Waals surface area contributed by atoms with E-state index >= 15 is 4.79 Å². The van der Waals surface area contributed by atoms with Gasteiger partial charge in [-0.1, -0.05) is 51.1 Å². The van der Waals surface area contributed by atoms with Crippen molar-refractivity contribution in [2.75, 3.05) is 47.5 Å². The van der Waals surface area contributed by atoms with Crippen LogP contribution in [0.3, 0.4) is 0 Å². The number of fused-ring (bicyclic) bond motifs is 1. The van der Waals surface area contributed by atoms with Crippen LogP contribution in [0.1, 0.15) is 54.4 Å². The normalized spacial score (nSPS) is 27.6. The molecule has 0 aromatic heterocycles. The molecule has 264 valence electrons. The number of carbonyl (C=O) groups is 3. The zero-order chi connectivity index (χ0) is 35.7. The Kier molecular flexibility index (Phi) is 10.7. The Balaban J connectivity index is 1.64. The maximum Gasteiger partial charge on any atom is 0.253 e. The zero-order valence-electron chi connectivity index (χ0n) is 30.0. The van der Waals surface area contributed by atoms with Crippen molar-refractivity contribution >= 4 is 34.8 Å². The van der Waals surface area contributed by atoms with E-state index in [-0.39, 0.29) is 49.3 Å². The maximum atomic E-state index is 15.2. The third kappa shape index (κ3) is 6.09. The van der Waals surface area contributed by atoms with Gasteiger partial charge in [0.15, 0.2) is 0 Å². The van der Waals surface area contributed by atoms with Crippen LogP contribution in [0.2, 0.25) is 0 Å². The average Bonchev–Trinajstić information content (AvgIpc) is 3.61. The van der Waals surface area contributed by atoms with E-state index in [0.29, 0.717) is 24.2 Å². The van der Waals surface area contributed by atoms with Crippen LogP contribution in [0.25, 0.3) is 0 Å². The molecule has 0 radical (unpaired) electrons. The molecule has 5 rings (SSSR count). The van der Waals surface area contributed by atoms with Gasteiger partial charge in [-0.25, -0.2) is 0 Å². The summed E-state index contributed by atoms with van der Waals surface area (Å²) in [5, 5.41) is 10.8. The van der Waals surface area contributed by atoms with Crippen LogP contribution in [0.5, 0.6) is 0 Å². The molecule has 1 N–H and O–H groups in total. The van der Waals surface area contributed by atoms with E-state index in [2.05, 4.69) is 31.9 Å². The van der Waals surface area contributed by atoms with Crippen LogP contribution in [-0.4, -0.2) is 83.8 Å². The maximum absolute atomic E-state index is 15.2. The quantitative estimate of drug-likeness (QED) is 0.245. The van der Waals surface area contributed by atoms with Gasteiger partial charge in [-0.2, -0.15) is 0 Å². The highest BCUT2D eigenvalue weighted by Crippen LogP contribution is 2.66. The standard InChI is InChI=1S/C40H54N4O5/c1-9-22-42(30-16-14-13-15-17-30)36(46)33-34-37(47)44(32(26-45)24-27(5)6)35(40(34)25-28(7)39(33,8)49-40)38(48)43(23-10-2)31-20-18-29(19-21-31)41(11-3)12-4/h9-10,13-21,27-28,32-35,45H,1-2,11-12,22-26H2,3-8H3/t28?,32-,33-,34+,35?,39+,40?/m1/s1. The minimum Gasteiger partial charge on any atom is -0.394 e. The molecule has 3 aliphatic heterocycles. The molecule has 2 bridgehead atoms. The summed E-state index contributed by atoms with van der Waals surface area (Å²) in [6, 6.07) is 15.6. The first-order chi connectivity index (χ1) is 23.4. The van der Waals surface area contributed by atoms with Gasteiger partial charge in [0.1, 0.15) is 11.6 Å². The fourth-order valence-electron chi connectivity index (χ4n) is 8.80. The van der Waals surface area contributed by atoms with Crippen LogP contribution in [0, 0.1) is 23.7 Å². The van der Waals surface area contributed by atoms with Crippen molar-refractivity contribution in [1.29, 1.82) is 0 Å². The number of likely N-dealkylation sites (tertiary alicyclic amines) is 1. The molecule has 7 atom stereocenters. The van der Waals surface area contributed by atoms with Gasteiger partial charge in [0.25, 0.3) is 5.91 Å². The molecule has 2 aromatic rings. The monoisotopic (exact) mass is 670 g/mol. The highest BCUT2D eigenvalue weighted by Gasteiger charge is 2.80. The smallest absolute Gasteiger partial charge is 0.253 e. The number of benzene rings is 2. The number of aliphatic hydroxyl groups excluding tert-OH is 1. The van der Waals surface area contributed by atoms with Gasteiger partial charge in [-0.3, -0.25) is 14.4 Å². The number of carbonyl (C=O) groups excluding carboxylic acids is 3. The Morgan fingerprint density at radius 1 is 0.959 bits per heavy atom. The average molecular weight is 671 g/mol. The first kappa shape index (κ1) is 36.3. The molecule has 3 saturated heterocycles. The Labute approximate surface area is 292 Å². The van der Waals surface area contributed by atoms with E-state index in [1.807, 2.05) is 82.3 Å². The fourth-order valence-corrected chi connectivity index (χ4v) is 8.80. The fraction of sp³-hybridized carbons (Fsp3) is 0.525. The van der Waals surface area contributed by atoms with E-state index in [9.17, 15) is 14.7 Å². The van der Waals surface area contributed by atoms with Gasteiger partial charge in [0.2, 0.25) is 11.8 Å². The highest BCUT2D eigenvalue weighted by atomic mass is 16.5. The van der Waals surface area contributed by atoms with Crippen molar-refractivity contribution in [2.45, 2.75) is 77.7 Å². The largest absolute Gasteiger partial charge is 0.394 e. The molecule has 49 heavy (non-hydrogen) atoms. The number of aliphatic hydroxyl groups is 1. The van der Waals surface area contributed by atoms with Crippen molar-refractivity contribution in [3.05, 3.63) is 79.9 Å². The molecule has 9 heteroatoms. The number of hydrogen-bond donors (Lipinski definition) is 1. The number of nitrogens with zero attached hydrogens (tertiary/aromatic N) is 4. The van der Waals surface area contributed by atoms with Crippen molar-refractivity contribution in [2.24, 2.45) is 23.7 Å². The number of hydrogen-bond acceptors (Lipinski definition) is 6. The molecule has 0 saturated carbocycles. The molecular formula is C40H54N4O5. The van der Waals surface area contributed by atoms with Crippen LogP contribution < -0.4 is 14.7 Å². The molecule has 9 nitrogen and oxygen atoms in total. The molecule has 0 aliphatic carbocycles. The minimum atomic E-state index is -1.26. The number of amides is 3. The summed E-state index contributed by atoms with van der Waals surface area (Å²) in [5.41, 5.74) is 0.186. The summed E-state index contributed by atoms with van der Waals surface area (Å²) in [4.78, 5) is 52.2. The molecule has 2 aromatic carbocycles. The highest BCUT2D eigenvalue weighted by molar-refractivity contribution is 6.07. The van der Waals surface area contributed by atoms with Crippen LogP contribution in [0.4, 0.5) is 17.1 Å². The second-order valence-electron chi connectivity index (χ2n) is 14.4. The SMILES string of the molecule is C=CCN(C(=O)C1N([C@@H](CO)CC(C)C)C(=O)[C@@H]2[C@H](C(=O)N(CC=C)c3ccccc3)[C@@]3(C)OC12CC3C)c1ccc(N(CC)CC)cc1. The Bertz CT molecular complexity index is 1520. The van der Waals surface area contributed by atoms with E-state index in [1.165, 1.54) is 0 Å². The predicted molar refractivity (Wildman–Crippen MR) is 195 cm³/mol. The van der Waals surface area contributed by atoms with E-state index < -0.39 is 35.1 Å². The van der Waals surface area contributed by atoms with E-state index in [4.69, 9.17) is 4.74 Å². The summed E-state index contributed by atoms with van der Waals surface area (Å²) in [6.07, 6.45) is 4.29. The van der Waals surface area contributed by atoms with Crippen molar-refractivity contribution in [3.63, 3.8) is 0 Å². The van der Waals surface area contributed by atoms with Gasteiger partial charge < -0.3 is 29.4 Å². The Hall–Kier alpha value is -3.95. The molecular weight excluding hydrogens is 616 g/mol.